The van der Waals surface area contributed by atoms with E-state index < -0.39 is 17.5 Å². The Hall–Kier alpha value is -0.210. The Balaban J connectivity index is 2.86. The van der Waals surface area contributed by atoms with E-state index >= 15 is 0 Å². The topological polar surface area (TPSA) is 0 Å². The fourth-order valence-corrected chi connectivity index (χ4v) is 1.91. The van der Waals surface area contributed by atoms with Gasteiger partial charge < -0.3 is 0 Å². The lowest BCUT2D eigenvalue weighted by atomic mass is 9.72. The van der Waals surface area contributed by atoms with E-state index in [9.17, 15) is 13.2 Å². The molecule has 0 N–H and O–H groups in total. The van der Waals surface area contributed by atoms with Crippen molar-refractivity contribution in [1.29, 1.82) is 0 Å². The number of halogens is 3. The molecule has 3 heteroatoms. The molecule has 1 rings (SSSR count). The van der Waals surface area contributed by atoms with Crippen molar-refractivity contribution in [2.75, 3.05) is 0 Å². The van der Waals surface area contributed by atoms with Crippen LogP contribution in [0.2, 0.25) is 0 Å². The van der Waals surface area contributed by atoms with Gasteiger partial charge in [0.25, 0.3) is 5.92 Å². The highest BCUT2D eigenvalue weighted by Gasteiger charge is 2.57. The SMILES string of the molecule is CC1CC(C)C(C)(F)C(F)(F)C1. The largest absolute Gasteiger partial charge is 0.281 e. The van der Waals surface area contributed by atoms with Gasteiger partial charge in [-0.15, -0.1) is 0 Å². The molecule has 1 aliphatic rings. The van der Waals surface area contributed by atoms with Crippen LogP contribution in [0, 0.1) is 11.8 Å². The molecule has 0 nitrogen and oxygen atoms in total. The van der Waals surface area contributed by atoms with Crippen LogP contribution in [-0.2, 0) is 0 Å². The summed E-state index contributed by atoms with van der Waals surface area (Å²) in [4.78, 5) is 0. The fraction of sp³-hybridized carbons (Fsp3) is 1.00. The summed E-state index contributed by atoms with van der Waals surface area (Å²) in [5, 5.41) is 0. The van der Waals surface area contributed by atoms with E-state index in [0.29, 0.717) is 6.42 Å². The van der Waals surface area contributed by atoms with E-state index in [2.05, 4.69) is 0 Å². The maximum absolute atomic E-state index is 13.5. The summed E-state index contributed by atoms with van der Waals surface area (Å²) in [6, 6.07) is 0. The minimum absolute atomic E-state index is 0.0705. The molecule has 0 radical (unpaired) electrons. The highest BCUT2D eigenvalue weighted by Crippen LogP contribution is 2.49. The zero-order chi connectivity index (χ0) is 9.57. The maximum atomic E-state index is 13.5. The standard InChI is InChI=1S/C9H15F3/c1-6-4-7(2)8(3,10)9(11,12)5-6/h6-7H,4-5H2,1-3H3. The molecular formula is C9H15F3. The van der Waals surface area contributed by atoms with Gasteiger partial charge in [0.05, 0.1) is 0 Å². The molecule has 0 spiro atoms. The van der Waals surface area contributed by atoms with Crippen molar-refractivity contribution in [3.8, 4) is 0 Å². The quantitative estimate of drug-likeness (QED) is 0.536. The summed E-state index contributed by atoms with van der Waals surface area (Å²) >= 11 is 0. The molecule has 12 heavy (non-hydrogen) atoms. The van der Waals surface area contributed by atoms with Gasteiger partial charge in [-0.1, -0.05) is 13.8 Å². The summed E-state index contributed by atoms with van der Waals surface area (Å²) in [6.45, 7) is 4.33. The molecule has 0 saturated heterocycles. The summed E-state index contributed by atoms with van der Waals surface area (Å²) in [7, 11) is 0. The van der Waals surface area contributed by atoms with Crippen LogP contribution in [0.3, 0.4) is 0 Å². The average molecular weight is 180 g/mol. The molecule has 0 aromatic heterocycles. The third-order valence-electron chi connectivity index (χ3n) is 3.00. The first-order valence-electron chi connectivity index (χ1n) is 4.34. The molecule has 1 aliphatic carbocycles. The predicted octanol–water partition coefficient (Wildman–Crippen LogP) is 3.42. The number of hydrogen-bond donors (Lipinski definition) is 0. The van der Waals surface area contributed by atoms with Crippen LogP contribution in [0.15, 0.2) is 0 Å². The molecular weight excluding hydrogens is 165 g/mol. The summed E-state index contributed by atoms with van der Waals surface area (Å²) in [5.41, 5.74) is -2.32. The summed E-state index contributed by atoms with van der Waals surface area (Å²) in [5.74, 6) is -3.76. The van der Waals surface area contributed by atoms with E-state index in [0.717, 1.165) is 6.92 Å². The van der Waals surface area contributed by atoms with Crippen LogP contribution in [0.5, 0.6) is 0 Å². The first-order valence-corrected chi connectivity index (χ1v) is 4.34. The molecule has 0 aromatic carbocycles. The predicted molar refractivity (Wildman–Crippen MR) is 42.0 cm³/mol. The van der Waals surface area contributed by atoms with Crippen LogP contribution in [0.1, 0.15) is 33.6 Å². The lowest BCUT2D eigenvalue weighted by Crippen LogP contribution is -2.51. The third-order valence-corrected chi connectivity index (χ3v) is 3.00. The molecule has 3 unspecified atom stereocenters. The molecule has 1 fully saturated rings. The Labute approximate surface area is 71.1 Å². The van der Waals surface area contributed by atoms with E-state index in [1.807, 2.05) is 0 Å². The van der Waals surface area contributed by atoms with Gasteiger partial charge in [0.2, 0.25) is 0 Å². The van der Waals surface area contributed by atoms with Crippen LogP contribution in [0.4, 0.5) is 13.2 Å². The van der Waals surface area contributed by atoms with E-state index in [4.69, 9.17) is 0 Å². The molecule has 3 atom stereocenters. The second kappa shape index (κ2) is 2.64. The van der Waals surface area contributed by atoms with Gasteiger partial charge in [0, 0.05) is 6.42 Å². The summed E-state index contributed by atoms with van der Waals surface area (Å²) < 4.78 is 39.7. The number of alkyl halides is 3. The van der Waals surface area contributed by atoms with E-state index in [-0.39, 0.29) is 12.3 Å². The molecule has 0 aromatic rings. The zero-order valence-electron chi connectivity index (χ0n) is 7.70. The van der Waals surface area contributed by atoms with Crippen LogP contribution in [-0.4, -0.2) is 11.6 Å². The molecule has 72 valence electrons. The minimum atomic E-state index is -3.15. The Morgan fingerprint density at radius 3 is 2.08 bits per heavy atom. The van der Waals surface area contributed by atoms with Gasteiger partial charge in [-0.3, -0.25) is 0 Å². The fourth-order valence-electron chi connectivity index (χ4n) is 1.91. The molecule has 0 amide bonds. The maximum Gasteiger partial charge on any atom is 0.281 e. The van der Waals surface area contributed by atoms with Crippen molar-refractivity contribution in [3.63, 3.8) is 0 Å². The Morgan fingerprint density at radius 2 is 1.67 bits per heavy atom. The van der Waals surface area contributed by atoms with Crippen LogP contribution >= 0.6 is 0 Å². The second-order valence-corrected chi connectivity index (χ2v) is 4.23. The van der Waals surface area contributed by atoms with Crippen molar-refractivity contribution in [2.45, 2.75) is 45.2 Å². The van der Waals surface area contributed by atoms with Crippen molar-refractivity contribution in [3.05, 3.63) is 0 Å². The number of hydrogen-bond acceptors (Lipinski definition) is 0. The first-order chi connectivity index (χ1) is 5.27. The van der Waals surface area contributed by atoms with E-state index in [1.165, 1.54) is 0 Å². The van der Waals surface area contributed by atoms with Gasteiger partial charge >= 0.3 is 0 Å². The van der Waals surface area contributed by atoms with Crippen LogP contribution < -0.4 is 0 Å². The molecule has 1 saturated carbocycles. The van der Waals surface area contributed by atoms with Crippen LogP contribution in [0.25, 0.3) is 0 Å². The van der Waals surface area contributed by atoms with Crippen molar-refractivity contribution >= 4 is 0 Å². The first kappa shape index (κ1) is 9.87. The monoisotopic (exact) mass is 180 g/mol. The second-order valence-electron chi connectivity index (χ2n) is 4.23. The Morgan fingerprint density at radius 1 is 1.17 bits per heavy atom. The highest BCUT2D eigenvalue weighted by molar-refractivity contribution is 4.98. The number of rotatable bonds is 0. The van der Waals surface area contributed by atoms with Gasteiger partial charge in [0.1, 0.15) is 0 Å². The van der Waals surface area contributed by atoms with E-state index in [1.54, 1.807) is 13.8 Å². The average Bonchev–Trinajstić information content (AvgIpc) is 1.82. The minimum Gasteiger partial charge on any atom is -0.237 e. The Kier molecular flexibility index (Phi) is 2.17. The third kappa shape index (κ3) is 1.34. The molecule has 0 aliphatic heterocycles. The van der Waals surface area contributed by atoms with Gasteiger partial charge in [-0.05, 0) is 25.2 Å². The van der Waals surface area contributed by atoms with Gasteiger partial charge in [-0.25, -0.2) is 13.2 Å². The van der Waals surface area contributed by atoms with Crippen molar-refractivity contribution in [1.82, 2.24) is 0 Å². The lowest BCUT2D eigenvalue weighted by molar-refractivity contribution is -0.187. The van der Waals surface area contributed by atoms with Gasteiger partial charge in [0.15, 0.2) is 5.67 Å². The Bertz CT molecular complexity index is 175. The van der Waals surface area contributed by atoms with Crippen molar-refractivity contribution < 1.29 is 13.2 Å². The normalized spacial score (nSPS) is 47.5. The highest BCUT2D eigenvalue weighted by atomic mass is 19.3. The molecule has 0 heterocycles. The molecule has 0 bridgehead atoms. The lowest BCUT2D eigenvalue weighted by Gasteiger charge is -2.42. The summed E-state index contributed by atoms with van der Waals surface area (Å²) in [6.07, 6.45) is 0.243. The smallest absolute Gasteiger partial charge is 0.237 e. The van der Waals surface area contributed by atoms with Crippen molar-refractivity contribution in [2.24, 2.45) is 11.8 Å². The van der Waals surface area contributed by atoms with Gasteiger partial charge in [-0.2, -0.15) is 0 Å². The zero-order valence-corrected chi connectivity index (χ0v) is 7.70.